The van der Waals surface area contributed by atoms with Gasteiger partial charge in [0.25, 0.3) is 0 Å². The van der Waals surface area contributed by atoms with Crippen LogP contribution in [0.15, 0.2) is 59.1 Å². The Balaban J connectivity index is 1.35. The van der Waals surface area contributed by atoms with Crippen molar-refractivity contribution in [2.45, 2.75) is 57.8 Å². The van der Waals surface area contributed by atoms with E-state index < -0.39 is 0 Å². The Morgan fingerprint density at radius 3 is 2.49 bits per heavy atom. The Hall–Kier alpha value is -2.88. The molecule has 7 nitrogen and oxygen atoms in total. The van der Waals surface area contributed by atoms with Gasteiger partial charge in [-0.05, 0) is 49.1 Å². The second-order valence-corrected chi connectivity index (χ2v) is 11.7. The number of hydrogen-bond acceptors (Lipinski definition) is 7. The van der Waals surface area contributed by atoms with E-state index in [-0.39, 0.29) is 23.2 Å². The van der Waals surface area contributed by atoms with Gasteiger partial charge in [0.1, 0.15) is 5.75 Å². The largest absolute Gasteiger partial charge is 0.483 e. The minimum Gasteiger partial charge on any atom is -0.483 e. The molecule has 10 heteroatoms. The van der Waals surface area contributed by atoms with Crippen LogP contribution in [0.5, 0.6) is 5.75 Å². The van der Waals surface area contributed by atoms with Gasteiger partial charge >= 0.3 is 0 Å². The number of thioether (sulfide) groups is 1. The Morgan fingerprint density at radius 1 is 1.14 bits per heavy atom. The van der Waals surface area contributed by atoms with Crippen LogP contribution in [0.25, 0.3) is 11.3 Å². The van der Waals surface area contributed by atoms with Gasteiger partial charge in [0.2, 0.25) is 5.91 Å². The number of nitrogens with one attached hydrogen (secondary N) is 1. The van der Waals surface area contributed by atoms with E-state index >= 15 is 0 Å². The first-order valence-electron chi connectivity index (χ1n) is 12.0. The molecular formula is C27H30ClN5O2S2. The number of halogens is 1. The van der Waals surface area contributed by atoms with Crippen LogP contribution in [0, 0.1) is 0 Å². The molecule has 1 atom stereocenters. The van der Waals surface area contributed by atoms with Gasteiger partial charge < -0.3 is 14.6 Å². The molecule has 0 radical (unpaired) electrons. The molecular weight excluding hydrogens is 526 g/mol. The lowest BCUT2D eigenvalue weighted by Gasteiger charge is -2.20. The van der Waals surface area contributed by atoms with E-state index in [1.165, 1.54) is 28.7 Å². The number of nitrogens with zero attached hydrogens (tertiary/aromatic N) is 4. The van der Waals surface area contributed by atoms with Crippen LogP contribution in [0.1, 0.15) is 52.1 Å². The molecule has 0 bridgehead atoms. The molecule has 0 spiro atoms. The fourth-order valence-corrected chi connectivity index (χ4v) is 5.34. The molecule has 0 aliphatic heterocycles. The van der Waals surface area contributed by atoms with E-state index in [2.05, 4.69) is 53.4 Å². The van der Waals surface area contributed by atoms with Crippen molar-refractivity contribution in [2.24, 2.45) is 0 Å². The summed E-state index contributed by atoms with van der Waals surface area (Å²) >= 11 is 8.68. The van der Waals surface area contributed by atoms with Gasteiger partial charge in [-0.25, -0.2) is 4.98 Å². The fraction of sp³-hybridized carbons (Fsp3) is 0.333. The number of rotatable bonds is 9. The summed E-state index contributed by atoms with van der Waals surface area (Å²) < 4.78 is 8.13. The molecule has 1 unspecified atom stereocenters. The maximum atomic E-state index is 12.6. The monoisotopic (exact) mass is 555 g/mol. The molecule has 4 rings (SSSR count). The second kappa shape index (κ2) is 11.7. The van der Waals surface area contributed by atoms with E-state index in [0.717, 1.165) is 22.8 Å². The Morgan fingerprint density at radius 2 is 1.84 bits per heavy atom. The first-order chi connectivity index (χ1) is 17.6. The zero-order valence-corrected chi connectivity index (χ0v) is 23.9. The molecule has 0 saturated heterocycles. The average molecular weight is 556 g/mol. The standard InChI is InChI=1S/C27H30ClN5O2S2/c1-6-33-24(17(2)35-21-13-9-19(10-14-21)27(3,4)5)31-32-26(33)37-16-23(34)30-25-29-22(15-36-25)18-7-11-20(28)12-8-18/h7-15,17H,6,16H2,1-5H3,(H,29,30,34). The minimum atomic E-state index is -0.294. The van der Waals surface area contributed by atoms with Gasteiger partial charge in [-0.3, -0.25) is 4.79 Å². The molecule has 194 valence electrons. The van der Waals surface area contributed by atoms with Gasteiger partial charge in [-0.1, -0.05) is 68.4 Å². The normalized spacial score (nSPS) is 12.4. The van der Waals surface area contributed by atoms with Gasteiger partial charge in [0.05, 0.1) is 11.4 Å². The van der Waals surface area contributed by atoms with Crippen molar-refractivity contribution in [1.29, 1.82) is 0 Å². The van der Waals surface area contributed by atoms with Crippen molar-refractivity contribution >= 4 is 45.7 Å². The van der Waals surface area contributed by atoms with Crippen molar-refractivity contribution in [3.63, 3.8) is 0 Å². The lowest BCUT2D eigenvalue weighted by molar-refractivity contribution is -0.113. The summed E-state index contributed by atoms with van der Waals surface area (Å²) in [5.74, 6) is 1.54. The van der Waals surface area contributed by atoms with Gasteiger partial charge in [-0.15, -0.1) is 21.5 Å². The number of amides is 1. The van der Waals surface area contributed by atoms with Crippen molar-refractivity contribution in [3.05, 3.63) is 70.3 Å². The summed E-state index contributed by atoms with van der Waals surface area (Å²) in [4.78, 5) is 17.1. The van der Waals surface area contributed by atoms with Gasteiger partial charge in [0.15, 0.2) is 22.2 Å². The quantitative estimate of drug-likeness (QED) is 0.219. The number of benzene rings is 2. The summed E-state index contributed by atoms with van der Waals surface area (Å²) in [6.45, 7) is 11.2. The third kappa shape index (κ3) is 6.91. The number of carbonyl (C=O) groups is 1. The SMILES string of the molecule is CCn1c(SCC(=O)Nc2nc(-c3ccc(Cl)cc3)cs2)nnc1C(C)Oc1ccc(C(C)(C)C)cc1. The highest BCUT2D eigenvalue weighted by Gasteiger charge is 2.20. The number of ether oxygens (including phenoxy) is 1. The molecule has 0 saturated carbocycles. The predicted molar refractivity (Wildman–Crippen MR) is 152 cm³/mol. The molecule has 37 heavy (non-hydrogen) atoms. The number of aromatic nitrogens is 4. The molecule has 0 fully saturated rings. The molecule has 1 N–H and O–H groups in total. The van der Waals surface area contributed by atoms with Crippen LogP contribution in [0.2, 0.25) is 5.02 Å². The lowest BCUT2D eigenvalue weighted by Crippen LogP contribution is -2.15. The van der Waals surface area contributed by atoms with Crippen LogP contribution in [-0.4, -0.2) is 31.4 Å². The average Bonchev–Trinajstić information content (AvgIpc) is 3.50. The van der Waals surface area contributed by atoms with Crippen LogP contribution in [0.3, 0.4) is 0 Å². The van der Waals surface area contributed by atoms with Crippen molar-refractivity contribution < 1.29 is 9.53 Å². The second-order valence-electron chi connectivity index (χ2n) is 9.50. The summed E-state index contributed by atoms with van der Waals surface area (Å²) in [7, 11) is 0. The third-order valence-electron chi connectivity index (χ3n) is 5.68. The summed E-state index contributed by atoms with van der Waals surface area (Å²) in [6, 6.07) is 15.6. The van der Waals surface area contributed by atoms with E-state index in [1.807, 2.05) is 60.2 Å². The van der Waals surface area contributed by atoms with Crippen LogP contribution >= 0.6 is 34.7 Å². The van der Waals surface area contributed by atoms with E-state index in [9.17, 15) is 4.79 Å². The summed E-state index contributed by atoms with van der Waals surface area (Å²) in [5, 5.41) is 15.3. The van der Waals surface area contributed by atoms with Crippen molar-refractivity contribution in [3.8, 4) is 17.0 Å². The number of hydrogen-bond donors (Lipinski definition) is 1. The molecule has 2 aromatic heterocycles. The highest BCUT2D eigenvalue weighted by atomic mass is 35.5. The molecule has 4 aromatic rings. The van der Waals surface area contributed by atoms with Crippen LogP contribution in [0.4, 0.5) is 5.13 Å². The zero-order chi connectivity index (χ0) is 26.6. The highest BCUT2D eigenvalue weighted by Crippen LogP contribution is 2.29. The minimum absolute atomic E-state index is 0.0868. The molecule has 0 aliphatic rings. The number of carbonyl (C=O) groups excluding carboxylic acids is 1. The Bertz CT molecular complexity index is 1340. The lowest BCUT2D eigenvalue weighted by atomic mass is 9.87. The number of thiazole rings is 1. The van der Waals surface area contributed by atoms with Crippen LogP contribution < -0.4 is 10.1 Å². The topological polar surface area (TPSA) is 81.9 Å². The Labute approximate surface area is 230 Å². The molecule has 2 aromatic carbocycles. The fourth-order valence-electron chi connectivity index (χ4n) is 3.66. The molecule has 1 amide bonds. The highest BCUT2D eigenvalue weighted by molar-refractivity contribution is 7.99. The van der Waals surface area contributed by atoms with Gasteiger partial charge in [-0.2, -0.15) is 0 Å². The predicted octanol–water partition coefficient (Wildman–Crippen LogP) is 7.24. The maximum Gasteiger partial charge on any atom is 0.236 e. The zero-order valence-electron chi connectivity index (χ0n) is 21.5. The third-order valence-corrected chi connectivity index (χ3v) is 7.66. The first kappa shape index (κ1) is 27.2. The Kier molecular flexibility index (Phi) is 8.56. The molecule has 0 aliphatic carbocycles. The van der Waals surface area contributed by atoms with Crippen molar-refractivity contribution in [1.82, 2.24) is 19.7 Å². The van der Waals surface area contributed by atoms with E-state index in [0.29, 0.717) is 21.9 Å². The molecule has 2 heterocycles. The summed E-state index contributed by atoms with van der Waals surface area (Å²) in [5.41, 5.74) is 3.08. The first-order valence-corrected chi connectivity index (χ1v) is 14.2. The summed E-state index contributed by atoms with van der Waals surface area (Å²) in [6.07, 6.45) is -0.294. The van der Waals surface area contributed by atoms with E-state index in [4.69, 9.17) is 16.3 Å². The number of anilines is 1. The maximum absolute atomic E-state index is 12.6. The van der Waals surface area contributed by atoms with Crippen molar-refractivity contribution in [2.75, 3.05) is 11.1 Å². The smallest absolute Gasteiger partial charge is 0.236 e. The van der Waals surface area contributed by atoms with Gasteiger partial charge in [0, 0.05) is 22.5 Å². The van der Waals surface area contributed by atoms with E-state index in [1.54, 1.807) is 0 Å². The van der Waals surface area contributed by atoms with Crippen LogP contribution in [-0.2, 0) is 16.8 Å².